The van der Waals surface area contributed by atoms with Gasteiger partial charge in [-0.15, -0.1) is 0 Å². The summed E-state index contributed by atoms with van der Waals surface area (Å²) in [6.45, 7) is 4.15. The number of aryl methyl sites for hydroxylation is 2. The molecule has 0 unspecified atom stereocenters. The fourth-order valence-corrected chi connectivity index (χ4v) is 1.18. The standard InChI is InChI=1S/C12H13N/c1-10-6-7-11(2)12(9-10)5-3-4-8-13/h3,5-7,9H,4H2,1-2H3. The fourth-order valence-electron chi connectivity index (χ4n) is 1.18. The number of nitrogens with zero attached hydrogens (tertiary/aromatic N) is 1. The van der Waals surface area contributed by atoms with Crippen molar-refractivity contribution in [1.29, 1.82) is 5.26 Å². The van der Waals surface area contributed by atoms with Gasteiger partial charge in [-0.1, -0.05) is 35.9 Å². The maximum atomic E-state index is 8.37. The van der Waals surface area contributed by atoms with Crippen molar-refractivity contribution >= 4 is 6.08 Å². The number of hydrogen-bond donors (Lipinski definition) is 0. The van der Waals surface area contributed by atoms with Crippen LogP contribution in [-0.4, -0.2) is 0 Å². The van der Waals surface area contributed by atoms with Gasteiger partial charge in [0.2, 0.25) is 0 Å². The van der Waals surface area contributed by atoms with E-state index in [2.05, 4.69) is 38.1 Å². The summed E-state index contributed by atoms with van der Waals surface area (Å²) in [5.74, 6) is 0. The van der Waals surface area contributed by atoms with Gasteiger partial charge in [0.25, 0.3) is 0 Å². The molecule has 0 aliphatic carbocycles. The molecule has 0 fully saturated rings. The normalized spacial score (nSPS) is 10.2. The number of allylic oxidation sites excluding steroid dienone is 1. The Labute approximate surface area is 79.3 Å². The summed E-state index contributed by atoms with van der Waals surface area (Å²) in [4.78, 5) is 0. The molecule has 0 N–H and O–H groups in total. The molecule has 0 amide bonds. The van der Waals surface area contributed by atoms with E-state index in [0.29, 0.717) is 6.42 Å². The van der Waals surface area contributed by atoms with Crippen LogP contribution >= 0.6 is 0 Å². The maximum Gasteiger partial charge on any atom is 0.0663 e. The van der Waals surface area contributed by atoms with E-state index in [-0.39, 0.29) is 0 Å². The summed E-state index contributed by atoms with van der Waals surface area (Å²) in [7, 11) is 0. The molecule has 0 heterocycles. The molecule has 13 heavy (non-hydrogen) atoms. The molecule has 0 radical (unpaired) electrons. The van der Waals surface area contributed by atoms with Crippen molar-refractivity contribution in [3.05, 3.63) is 41.0 Å². The zero-order valence-electron chi connectivity index (χ0n) is 8.04. The van der Waals surface area contributed by atoms with Crippen molar-refractivity contribution < 1.29 is 0 Å². The van der Waals surface area contributed by atoms with Crippen LogP contribution in [0.4, 0.5) is 0 Å². The third-order valence-corrected chi connectivity index (χ3v) is 1.94. The Hall–Kier alpha value is -1.55. The number of hydrogen-bond acceptors (Lipinski definition) is 1. The minimum atomic E-state index is 0.480. The van der Waals surface area contributed by atoms with Crippen molar-refractivity contribution in [3.63, 3.8) is 0 Å². The first-order chi connectivity index (χ1) is 6.24. The lowest BCUT2D eigenvalue weighted by Gasteiger charge is -2.00. The first-order valence-corrected chi connectivity index (χ1v) is 4.35. The zero-order chi connectivity index (χ0) is 9.68. The number of rotatable bonds is 2. The summed E-state index contributed by atoms with van der Waals surface area (Å²) in [6, 6.07) is 8.41. The Balaban J connectivity index is 2.88. The van der Waals surface area contributed by atoms with Crippen LogP contribution < -0.4 is 0 Å². The Bertz CT molecular complexity index is 356. The molecule has 1 heteroatoms. The van der Waals surface area contributed by atoms with Crippen molar-refractivity contribution in [3.8, 4) is 6.07 Å². The molecule has 0 saturated heterocycles. The van der Waals surface area contributed by atoms with Crippen LogP contribution in [0.3, 0.4) is 0 Å². The smallest absolute Gasteiger partial charge is 0.0663 e. The minimum Gasteiger partial charge on any atom is -0.198 e. The maximum absolute atomic E-state index is 8.37. The monoisotopic (exact) mass is 171 g/mol. The highest BCUT2D eigenvalue weighted by Crippen LogP contribution is 2.12. The SMILES string of the molecule is Cc1ccc(C)c(C=CCC#N)c1. The highest BCUT2D eigenvalue weighted by molar-refractivity contribution is 5.54. The van der Waals surface area contributed by atoms with Crippen molar-refractivity contribution in [2.75, 3.05) is 0 Å². The number of nitriles is 1. The molecule has 66 valence electrons. The molecule has 0 bridgehead atoms. The lowest BCUT2D eigenvalue weighted by atomic mass is 10.1. The Kier molecular flexibility index (Phi) is 3.28. The van der Waals surface area contributed by atoms with E-state index in [1.165, 1.54) is 16.7 Å². The van der Waals surface area contributed by atoms with Gasteiger partial charge in [-0.3, -0.25) is 0 Å². The summed E-state index contributed by atoms with van der Waals surface area (Å²) >= 11 is 0. The average molecular weight is 171 g/mol. The van der Waals surface area contributed by atoms with Gasteiger partial charge in [-0.05, 0) is 25.0 Å². The number of benzene rings is 1. The van der Waals surface area contributed by atoms with Gasteiger partial charge >= 0.3 is 0 Å². The Morgan fingerprint density at radius 2 is 2.15 bits per heavy atom. The van der Waals surface area contributed by atoms with Crippen molar-refractivity contribution in [1.82, 2.24) is 0 Å². The van der Waals surface area contributed by atoms with Gasteiger partial charge in [-0.25, -0.2) is 0 Å². The van der Waals surface area contributed by atoms with Crippen molar-refractivity contribution in [2.45, 2.75) is 20.3 Å². The third-order valence-electron chi connectivity index (χ3n) is 1.94. The van der Waals surface area contributed by atoms with Crippen LogP contribution in [0.2, 0.25) is 0 Å². The second-order valence-electron chi connectivity index (χ2n) is 3.12. The third kappa shape index (κ3) is 2.76. The largest absolute Gasteiger partial charge is 0.198 e. The van der Waals surface area contributed by atoms with E-state index in [0.717, 1.165) is 0 Å². The van der Waals surface area contributed by atoms with E-state index < -0.39 is 0 Å². The molecule has 0 aliphatic heterocycles. The Morgan fingerprint density at radius 1 is 1.38 bits per heavy atom. The predicted octanol–water partition coefficient (Wildman–Crippen LogP) is 3.23. The highest BCUT2D eigenvalue weighted by Gasteiger charge is 1.92. The molecule has 0 aromatic heterocycles. The fraction of sp³-hybridized carbons (Fsp3) is 0.250. The lowest BCUT2D eigenvalue weighted by molar-refractivity contribution is 1.35. The Morgan fingerprint density at radius 3 is 2.85 bits per heavy atom. The quantitative estimate of drug-likeness (QED) is 0.670. The van der Waals surface area contributed by atoms with E-state index in [9.17, 15) is 0 Å². The average Bonchev–Trinajstić information content (AvgIpc) is 2.11. The molecule has 0 aliphatic rings. The molecule has 1 aromatic rings. The molecule has 0 saturated carbocycles. The summed E-state index contributed by atoms with van der Waals surface area (Å²) in [5, 5.41) is 8.37. The molecular formula is C12H13N. The van der Waals surface area contributed by atoms with Crippen LogP contribution in [0.5, 0.6) is 0 Å². The topological polar surface area (TPSA) is 23.8 Å². The first kappa shape index (κ1) is 9.54. The molecule has 1 aromatic carbocycles. The van der Waals surface area contributed by atoms with Gasteiger partial charge in [0.1, 0.15) is 0 Å². The summed E-state index contributed by atoms with van der Waals surface area (Å²) in [6.07, 6.45) is 4.38. The summed E-state index contributed by atoms with van der Waals surface area (Å²) in [5.41, 5.74) is 3.71. The summed E-state index contributed by atoms with van der Waals surface area (Å²) < 4.78 is 0. The van der Waals surface area contributed by atoms with Crippen LogP contribution in [-0.2, 0) is 0 Å². The highest BCUT2D eigenvalue weighted by atomic mass is 14.2. The van der Waals surface area contributed by atoms with Crippen molar-refractivity contribution in [2.24, 2.45) is 0 Å². The molecule has 0 atom stereocenters. The van der Waals surface area contributed by atoms with E-state index >= 15 is 0 Å². The lowest BCUT2D eigenvalue weighted by Crippen LogP contribution is -1.81. The van der Waals surface area contributed by atoms with Gasteiger partial charge in [0, 0.05) is 0 Å². The van der Waals surface area contributed by atoms with Gasteiger partial charge in [-0.2, -0.15) is 5.26 Å². The van der Waals surface area contributed by atoms with Gasteiger partial charge in [0.15, 0.2) is 0 Å². The van der Waals surface area contributed by atoms with E-state index in [4.69, 9.17) is 5.26 Å². The molecule has 0 spiro atoms. The molecule has 1 rings (SSSR count). The van der Waals surface area contributed by atoms with E-state index in [1.54, 1.807) is 0 Å². The predicted molar refractivity (Wildman–Crippen MR) is 55.2 cm³/mol. The van der Waals surface area contributed by atoms with E-state index in [1.807, 2.05) is 12.2 Å². The first-order valence-electron chi connectivity index (χ1n) is 4.35. The van der Waals surface area contributed by atoms with Crippen LogP contribution in [0.15, 0.2) is 24.3 Å². The second-order valence-corrected chi connectivity index (χ2v) is 3.12. The minimum absolute atomic E-state index is 0.480. The van der Waals surface area contributed by atoms with Gasteiger partial charge in [0.05, 0.1) is 12.5 Å². The molecule has 1 nitrogen and oxygen atoms in total. The molecular weight excluding hydrogens is 158 g/mol. The van der Waals surface area contributed by atoms with Crippen LogP contribution in [0.1, 0.15) is 23.1 Å². The van der Waals surface area contributed by atoms with Crippen LogP contribution in [0, 0.1) is 25.2 Å². The second kappa shape index (κ2) is 4.47. The van der Waals surface area contributed by atoms with Crippen LogP contribution in [0.25, 0.3) is 6.08 Å². The van der Waals surface area contributed by atoms with Gasteiger partial charge < -0.3 is 0 Å². The zero-order valence-corrected chi connectivity index (χ0v) is 8.04.